The maximum atomic E-state index is 12.0. The van der Waals surface area contributed by atoms with Crippen molar-refractivity contribution in [3.63, 3.8) is 0 Å². The molecule has 1 saturated heterocycles. The third-order valence-corrected chi connectivity index (χ3v) is 3.65. The van der Waals surface area contributed by atoms with Gasteiger partial charge in [-0.3, -0.25) is 9.78 Å². The molecular weight excluding hydrogens is 258 g/mol. The molecule has 3 rings (SSSR count). The van der Waals surface area contributed by atoms with E-state index in [1.807, 2.05) is 0 Å². The van der Waals surface area contributed by atoms with E-state index in [1.54, 1.807) is 12.1 Å². The fourth-order valence-electron chi connectivity index (χ4n) is 2.56. The molecule has 2 aromatic heterocycles. The monoisotopic (exact) mass is 275 g/mol. The summed E-state index contributed by atoms with van der Waals surface area (Å²) in [7, 11) is 2.08. The molecule has 1 aliphatic heterocycles. The molecule has 106 valence electrons. The lowest BCUT2D eigenvalue weighted by atomic mass is 10.1. The summed E-state index contributed by atoms with van der Waals surface area (Å²) in [5.41, 5.74) is 1.00. The van der Waals surface area contributed by atoms with Crippen LogP contribution in [0.15, 0.2) is 16.9 Å². The number of carbonyl (C=O) groups excluding carboxylic acids is 1. The lowest BCUT2D eigenvalue weighted by Gasteiger charge is -2.11. The lowest BCUT2D eigenvalue weighted by molar-refractivity contribution is 0.0943. The van der Waals surface area contributed by atoms with E-state index in [1.165, 1.54) is 0 Å². The lowest BCUT2D eigenvalue weighted by Crippen LogP contribution is -2.31. The predicted octanol–water partition coefficient (Wildman–Crippen LogP) is -0.0673. The van der Waals surface area contributed by atoms with Crippen molar-refractivity contribution in [3.05, 3.63) is 28.3 Å². The second-order valence-electron chi connectivity index (χ2n) is 5.30. The predicted molar refractivity (Wildman–Crippen MR) is 74.7 cm³/mol. The van der Waals surface area contributed by atoms with Crippen molar-refractivity contribution in [2.24, 2.45) is 5.92 Å². The van der Waals surface area contributed by atoms with Crippen LogP contribution < -0.4 is 11.0 Å². The standard InChI is InChI=1S/C13H17N5O2/c1-18-5-4-8(7-18)6-14-12(19)10-3-2-9-11(15-10)17-13(20)16-9/h2-3,8H,4-7H2,1H3,(H,14,19)(H2,15,16,17,20). The van der Waals surface area contributed by atoms with Crippen molar-refractivity contribution >= 4 is 17.1 Å². The zero-order valence-electron chi connectivity index (χ0n) is 11.3. The Bertz CT molecular complexity index is 689. The Morgan fingerprint density at radius 3 is 3.10 bits per heavy atom. The largest absolute Gasteiger partial charge is 0.350 e. The highest BCUT2D eigenvalue weighted by Gasteiger charge is 2.20. The number of hydrogen-bond acceptors (Lipinski definition) is 4. The highest BCUT2D eigenvalue weighted by atomic mass is 16.2. The molecule has 0 saturated carbocycles. The maximum Gasteiger partial charge on any atom is 0.325 e. The minimum Gasteiger partial charge on any atom is -0.350 e. The molecule has 0 radical (unpaired) electrons. The fourth-order valence-corrected chi connectivity index (χ4v) is 2.56. The summed E-state index contributed by atoms with van der Waals surface area (Å²) in [4.78, 5) is 34.7. The molecule has 1 aliphatic rings. The van der Waals surface area contributed by atoms with Crippen LogP contribution in [0.1, 0.15) is 16.9 Å². The first-order valence-electron chi connectivity index (χ1n) is 6.67. The number of nitrogens with one attached hydrogen (secondary N) is 3. The third kappa shape index (κ3) is 2.57. The molecule has 0 aliphatic carbocycles. The average molecular weight is 275 g/mol. The maximum absolute atomic E-state index is 12.0. The van der Waals surface area contributed by atoms with Crippen LogP contribution in [0.5, 0.6) is 0 Å². The molecule has 2 aromatic rings. The van der Waals surface area contributed by atoms with Crippen LogP contribution >= 0.6 is 0 Å². The van der Waals surface area contributed by atoms with E-state index in [0.29, 0.717) is 29.3 Å². The van der Waals surface area contributed by atoms with Crippen molar-refractivity contribution in [1.82, 2.24) is 25.2 Å². The molecule has 0 bridgehead atoms. The molecule has 7 nitrogen and oxygen atoms in total. The number of aromatic nitrogens is 3. The van der Waals surface area contributed by atoms with Crippen LogP contribution in [0, 0.1) is 5.92 Å². The van der Waals surface area contributed by atoms with Gasteiger partial charge in [0.05, 0.1) is 5.52 Å². The van der Waals surface area contributed by atoms with E-state index in [4.69, 9.17) is 0 Å². The quantitative estimate of drug-likeness (QED) is 0.731. The third-order valence-electron chi connectivity index (χ3n) is 3.65. The SMILES string of the molecule is CN1CCC(CNC(=O)c2ccc3[nH]c(=O)[nH]c3n2)C1. The van der Waals surface area contributed by atoms with Crippen molar-refractivity contribution in [2.45, 2.75) is 6.42 Å². The van der Waals surface area contributed by atoms with Gasteiger partial charge < -0.3 is 15.2 Å². The molecule has 1 unspecified atom stereocenters. The fraction of sp³-hybridized carbons (Fsp3) is 0.462. The van der Waals surface area contributed by atoms with Crippen LogP contribution in [0.25, 0.3) is 11.2 Å². The van der Waals surface area contributed by atoms with Crippen molar-refractivity contribution in [3.8, 4) is 0 Å². The van der Waals surface area contributed by atoms with E-state index in [0.717, 1.165) is 19.5 Å². The van der Waals surface area contributed by atoms with Gasteiger partial charge in [-0.25, -0.2) is 9.78 Å². The smallest absolute Gasteiger partial charge is 0.325 e. The number of imidazole rings is 1. The molecule has 20 heavy (non-hydrogen) atoms. The highest BCUT2D eigenvalue weighted by Crippen LogP contribution is 2.13. The zero-order valence-corrected chi connectivity index (χ0v) is 11.3. The number of H-pyrrole nitrogens is 2. The number of carbonyl (C=O) groups is 1. The second kappa shape index (κ2) is 5.09. The van der Waals surface area contributed by atoms with Crippen LogP contribution in [-0.4, -0.2) is 52.4 Å². The number of amides is 1. The van der Waals surface area contributed by atoms with Crippen molar-refractivity contribution in [2.75, 3.05) is 26.7 Å². The van der Waals surface area contributed by atoms with Crippen LogP contribution in [0.2, 0.25) is 0 Å². The van der Waals surface area contributed by atoms with Crippen molar-refractivity contribution < 1.29 is 4.79 Å². The molecule has 1 atom stereocenters. The topological polar surface area (TPSA) is 93.9 Å². The molecule has 1 amide bonds. The molecule has 3 heterocycles. The van der Waals surface area contributed by atoms with Gasteiger partial charge in [0.2, 0.25) is 0 Å². The van der Waals surface area contributed by atoms with Gasteiger partial charge in [-0.15, -0.1) is 0 Å². The number of nitrogens with zero attached hydrogens (tertiary/aromatic N) is 2. The minimum absolute atomic E-state index is 0.205. The Hall–Kier alpha value is -2.15. The summed E-state index contributed by atoms with van der Waals surface area (Å²) in [5, 5.41) is 2.90. The summed E-state index contributed by atoms with van der Waals surface area (Å²) in [6.45, 7) is 2.75. The zero-order chi connectivity index (χ0) is 14.1. The van der Waals surface area contributed by atoms with Crippen molar-refractivity contribution in [1.29, 1.82) is 0 Å². The molecule has 0 aromatic carbocycles. The first-order chi connectivity index (χ1) is 9.61. The van der Waals surface area contributed by atoms with Gasteiger partial charge in [-0.05, 0) is 38.1 Å². The van der Waals surface area contributed by atoms with Gasteiger partial charge in [-0.1, -0.05) is 0 Å². The first-order valence-corrected chi connectivity index (χ1v) is 6.67. The summed E-state index contributed by atoms with van der Waals surface area (Å²) in [6.07, 6.45) is 1.11. The van der Waals surface area contributed by atoms with E-state index in [-0.39, 0.29) is 11.6 Å². The number of likely N-dealkylation sites (tertiary alicyclic amines) is 1. The van der Waals surface area contributed by atoms with Gasteiger partial charge in [-0.2, -0.15) is 0 Å². The minimum atomic E-state index is -0.320. The summed E-state index contributed by atoms with van der Waals surface area (Å²) >= 11 is 0. The van der Waals surface area contributed by atoms with Crippen LogP contribution in [0.3, 0.4) is 0 Å². The van der Waals surface area contributed by atoms with Gasteiger partial charge >= 0.3 is 5.69 Å². The number of pyridine rings is 1. The molecule has 3 N–H and O–H groups in total. The van der Waals surface area contributed by atoms with E-state index in [9.17, 15) is 9.59 Å². The summed E-state index contributed by atoms with van der Waals surface area (Å²) in [5.74, 6) is 0.295. The molecule has 1 fully saturated rings. The number of fused-ring (bicyclic) bond motifs is 1. The van der Waals surface area contributed by atoms with Gasteiger partial charge in [0, 0.05) is 13.1 Å². The van der Waals surface area contributed by atoms with Gasteiger partial charge in [0.25, 0.3) is 5.91 Å². The number of aromatic amines is 2. The van der Waals surface area contributed by atoms with E-state index < -0.39 is 0 Å². The van der Waals surface area contributed by atoms with Crippen LogP contribution in [-0.2, 0) is 0 Å². The van der Waals surface area contributed by atoms with Crippen LogP contribution in [0.4, 0.5) is 0 Å². The van der Waals surface area contributed by atoms with E-state index >= 15 is 0 Å². The summed E-state index contributed by atoms with van der Waals surface area (Å²) < 4.78 is 0. The number of hydrogen-bond donors (Lipinski definition) is 3. The molecule has 7 heteroatoms. The first kappa shape index (κ1) is 12.9. The Morgan fingerprint density at radius 1 is 1.50 bits per heavy atom. The normalized spacial score (nSPS) is 19.6. The number of rotatable bonds is 3. The summed E-state index contributed by atoms with van der Waals surface area (Å²) in [6, 6.07) is 3.29. The Kier molecular flexibility index (Phi) is 3.27. The van der Waals surface area contributed by atoms with Gasteiger partial charge in [0.15, 0.2) is 5.65 Å². The Balaban J connectivity index is 1.67. The highest BCUT2D eigenvalue weighted by molar-refractivity contribution is 5.93. The molecular formula is C13H17N5O2. The van der Waals surface area contributed by atoms with Gasteiger partial charge in [0.1, 0.15) is 5.69 Å². The Morgan fingerprint density at radius 2 is 2.35 bits per heavy atom. The van der Waals surface area contributed by atoms with E-state index in [2.05, 4.69) is 32.2 Å². The Labute approximate surface area is 115 Å². The molecule has 0 spiro atoms. The second-order valence-corrected chi connectivity index (χ2v) is 5.30. The average Bonchev–Trinajstić information content (AvgIpc) is 2.99.